The van der Waals surface area contributed by atoms with Gasteiger partial charge in [0, 0.05) is 24.3 Å². The van der Waals surface area contributed by atoms with Crippen molar-refractivity contribution in [3.05, 3.63) is 34.9 Å². The Kier molecular flexibility index (Phi) is 3.92. The zero-order valence-corrected chi connectivity index (χ0v) is 10.6. The van der Waals surface area contributed by atoms with Crippen LogP contribution < -0.4 is 0 Å². The fourth-order valence-electron chi connectivity index (χ4n) is 2.20. The third-order valence-electron chi connectivity index (χ3n) is 3.13. The van der Waals surface area contributed by atoms with E-state index < -0.39 is 5.92 Å². The van der Waals surface area contributed by atoms with E-state index in [-0.39, 0.29) is 23.8 Å². The number of hydrogen-bond donors (Lipinski definition) is 0. The zero-order chi connectivity index (χ0) is 13.1. The summed E-state index contributed by atoms with van der Waals surface area (Å²) in [4.78, 5) is 35.3. The molecule has 0 unspecified atom stereocenters. The lowest BCUT2D eigenvalue weighted by atomic mass is 9.82. The third-order valence-corrected chi connectivity index (χ3v) is 3.50. The van der Waals surface area contributed by atoms with Crippen LogP contribution in [-0.4, -0.2) is 17.3 Å². The Bertz CT molecular complexity index is 492. The van der Waals surface area contributed by atoms with Gasteiger partial charge in [0.2, 0.25) is 0 Å². The van der Waals surface area contributed by atoms with Crippen LogP contribution in [0.15, 0.2) is 24.3 Å². The van der Waals surface area contributed by atoms with Crippen molar-refractivity contribution < 1.29 is 14.4 Å². The lowest BCUT2D eigenvalue weighted by Crippen LogP contribution is -2.36. The van der Waals surface area contributed by atoms with Gasteiger partial charge in [-0.25, -0.2) is 0 Å². The Balaban J connectivity index is 2.14. The molecule has 0 atom stereocenters. The second-order valence-electron chi connectivity index (χ2n) is 4.45. The van der Waals surface area contributed by atoms with Crippen molar-refractivity contribution in [2.24, 2.45) is 5.92 Å². The van der Waals surface area contributed by atoms with Crippen molar-refractivity contribution in [2.75, 3.05) is 0 Å². The summed E-state index contributed by atoms with van der Waals surface area (Å²) in [6, 6.07) is 6.97. The smallest absolute Gasteiger partial charge is 0.155 e. The van der Waals surface area contributed by atoms with Crippen molar-refractivity contribution in [3.63, 3.8) is 0 Å². The molecule has 0 spiro atoms. The molecule has 0 aliphatic heterocycles. The van der Waals surface area contributed by atoms with Crippen molar-refractivity contribution in [1.82, 2.24) is 0 Å². The standard InChI is InChI=1S/C14H13ClO3/c15-10-5-2-1-4-9(10)8-13(18)14-11(16)6-3-7-12(14)17/h1-2,4-5,14H,3,6-8H2. The Labute approximate surface area is 110 Å². The fraction of sp³-hybridized carbons (Fsp3) is 0.357. The number of Topliss-reactive ketones (excluding diaryl/α,β-unsaturated/α-hetero) is 3. The van der Waals surface area contributed by atoms with Crippen LogP contribution in [0.1, 0.15) is 24.8 Å². The number of hydrogen-bond acceptors (Lipinski definition) is 3. The average Bonchev–Trinajstić information content (AvgIpc) is 2.32. The van der Waals surface area contributed by atoms with Gasteiger partial charge in [-0.15, -0.1) is 0 Å². The van der Waals surface area contributed by atoms with E-state index in [0.29, 0.717) is 29.8 Å². The Morgan fingerprint density at radius 2 is 1.78 bits per heavy atom. The predicted octanol–water partition coefficient (Wildman–Crippen LogP) is 2.39. The van der Waals surface area contributed by atoms with Gasteiger partial charge in [-0.1, -0.05) is 29.8 Å². The zero-order valence-electron chi connectivity index (χ0n) is 9.82. The highest BCUT2D eigenvalue weighted by molar-refractivity contribution is 6.31. The molecule has 18 heavy (non-hydrogen) atoms. The highest BCUT2D eigenvalue weighted by Crippen LogP contribution is 2.22. The van der Waals surface area contributed by atoms with Crippen LogP contribution in [0.4, 0.5) is 0 Å². The van der Waals surface area contributed by atoms with E-state index in [1.807, 2.05) is 0 Å². The van der Waals surface area contributed by atoms with Crippen molar-refractivity contribution in [2.45, 2.75) is 25.7 Å². The topological polar surface area (TPSA) is 51.2 Å². The monoisotopic (exact) mass is 264 g/mol. The molecule has 0 N–H and O–H groups in total. The highest BCUT2D eigenvalue weighted by Gasteiger charge is 2.35. The number of carbonyl (C=O) groups excluding carboxylic acids is 3. The fourth-order valence-corrected chi connectivity index (χ4v) is 2.40. The first kappa shape index (κ1) is 13.0. The van der Waals surface area contributed by atoms with Gasteiger partial charge in [-0.2, -0.15) is 0 Å². The van der Waals surface area contributed by atoms with E-state index in [1.165, 1.54) is 0 Å². The summed E-state index contributed by atoms with van der Waals surface area (Å²) in [5, 5.41) is 0.488. The van der Waals surface area contributed by atoms with Crippen LogP contribution in [-0.2, 0) is 20.8 Å². The summed E-state index contributed by atoms with van der Waals surface area (Å²) in [6.07, 6.45) is 1.25. The molecule has 1 aliphatic rings. The van der Waals surface area contributed by atoms with E-state index >= 15 is 0 Å². The molecule has 4 heteroatoms. The van der Waals surface area contributed by atoms with E-state index in [4.69, 9.17) is 11.6 Å². The molecule has 94 valence electrons. The molecule has 2 rings (SSSR count). The number of carbonyl (C=O) groups is 3. The van der Waals surface area contributed by atoms with Gasteiger partial charge >= 0.3 is 0 Å². The van der Waals surface area contributed by atoms with Gasteiger partial charge in [0.25, 0.3) is 0 Å². The molecule has 0 aromatic heterocycles. The number of rotatable bonds is 3. The van der Waals surface area contributed by atoms with Crippen LogP contribution in [0.5, 0.6) is 0 Å². The number of halogens is 1. The first-order valence-electron chi connectivity index (χ1n) is 5.91. The van der Waals surface area contributed by atoms with Gasteiger partial charge in [0.1, 0.15) is 5.92 Å². The maximum absolute atomic E-state index is 12.0. The molecule has 1 aliphatic carbocycles. The minimum atomic E-state index is -1.06. The summed E-state index contributed by atoms with van der Waals surface area (Å²) in [6.45, 7) is 0. The van der Waals surface area contributed by atoms with Gasteiger partial charge < -0.3 is 0 Å². The minimum Gasteiger partial charge on any atom is -0.298 e. The number of ketones is 3. The van der Waals surface area contributed by atoms with Gasteiger partial charge in [-0.05, 0) is 18.1 Å². The van der Waals surface area contributed by atoms with Gasteiger partial charge in [0.15, 0.2) is 17.3 Å². The van der Waals surface area contributed by atoms with Gasteiger partial charge in [-0.3, -0.25) is 14.4 Å². The van der Waals surface area contributed by atoms with E-state index in [2.05, 4.69) is 0 Å². The molecule has 3 nitrogen and oxygen atoms in total. The lowest BCUT2D eigenvalue weighted by molar-refractivity contribution is -0.141. The van der Waals surface area contributed by atoms with Crippen LogP contribution in [0.25, 0.3) is 0 Å². The maximum Gasteiger partial charge on any atom is 0.155 e. The van der Waals surface area contributed by atoms with Gasteiger partial charge in [0.05, 0.1) is 0 Å². The quantitative estimate of drug-likeness (QED) is 0.788. The van der Waals surface area contributed by atoms with Crippen LogP contribution in [0.2, 0.25) is 5.02 Å². The molecule has 1 fully saturated rings. The average molecular weight is 265 g/mol. The Morgan fingerprint density at radius 3 is 2.39 bits per heavy atom. The highest BCUT2D eigenvalue weighted by atomic mass is 35.5. The number of benzene rings is 1. The van der Waals surface area contributed by atoms with E-state index in [1.54, 1.807) is 24.3 Å². The van der Waals surface area contributed by atoms with Crippen molar-refractivity contribution >= 4 is 29.0 Å². The molecule has 1 aromatic rings. The summed E-state index contributed by atoms with van der Waals surface area (Å²) < 4.78 is 0. The first-order valence-corrected chi connectivity index (χ1v) is 6.29. The molecule has 0 heterocycles. The van der Waals surface area contributed by atoms with E-state index in [9.17, 15) is 14.4 Å². The normalized spacial score (nSPS) is 16.9. The molecule has 1 aromatic carbocycles. The summed E-state index contributed by atoms with van der Waals surface area (Å²) in [5.41, 5.74) is 0.662. The molecule has 0 radical (unpaired) electrons. The largest absolute Gasteiger partial charge is 0.298 e. The summed E-state index contributed by atoms with van der Waals surface area (Å²) in [5.74, 6) is -1.89. The Hall–Kier alpha value is -1.48. The van der Waals surface area contributed by atoms with E-state index in [0.717, 1.165) is 0 Å². The minimum absolute atomic E-state index is 0.0435. The lowest BCUT2D eigenvalue weighted by Gasteiger charge is -2.18. The predicted molar refractivity (Wildman–Crippen MR) is 67.5 cm³/mol. The Morgan fingerprint density at radius 1 is 1.17 bits per heavy atom. The van der Waals surface area contributed by atoms with Crippen molar-refractivity contribution in [3.8, 4) is 0 Å². The molecule has 1 saturated carbocycles. The second kappa shape index (κ2) is 5.44. The first-order chi connectivity index (χ1) is 8.59. The summed E-state index contributed by atoms with van der Waals surface area (Å²) in [7, 11) is 0. The van der Waals surface area contributed by atoms with Crippen molar-refractivity contribution in [1.29, 1.82) is 0 Å². The molecular weight excluding hydrogens is 252 g/mol. The summed E-state index contributed by atoms with van der Waals surface area (Å²) >= 11 is 5.96. The molecule has 0 saturated heterocycles. The molecular formula is C14H13ClO3. The molecule has 0 bridgehead atoms. The van der Waals surface area contributed by atoms with Crippen LogP contribution >= 0.6 is 11.6 Å². The molecule has 0 amide bonds. The second-order valence-corrected chi connectivity index (χ2v) is 4.86. The van der Waals surface area contributed by atoms with Crippen LogP contribution in [0, 0.1) is 5.92 Å². The maximum atomic E-state index is 12.0. The SMILES string of the molecule is O=C1CCCC(=O)C1C(=O)Cc1ccccc1Cl. The van der Waals surface area contributed by atoms with Crippen LogP contribution in [0.3, 0.4) is 0 Å². The third kappa shape index (κ3) is 2.67.